The van der Waals surface area contributed by atoms with Gasteiger partial charge in [0.05, 0.1) is 11.6 Å². The highest BCUT2D eigenvalue weighted by atomic mass is 16.5. The van der Waals surface area contributed by atoms with Crippen LogP contribution >= 0.6 is 0 Å². The molecule has 0 saturated heterocycles. The first-order valence-electron chi connectivity index (χ1n) is 4.27. The molecule has 2 aromatic rings. The van der Waals surface area contributed by atoms with Crippen molar-refractivity contribution in [1.29, 1.82) is 0 Å². The van der Waals surface area contributed by atoms with Gasteiger partial charge in [-0.1, -0.05) is 6.07 Å². The second-order valence-corrected chi connectivity index (χ2v) is 3.08. The van der Waals surface area contributed by atoms with Crippen molar-refractivity contribution in [2.75, 3.05) is 7.11 Å². The minimum atomic E-state index is 0.138. The Morgan fingerprint density at radius 2 is 2.31 bits per heavy atom. The molecule has 3 nitrogen and oxygen atoms in total. The zero-order valence-electron chi connectivity index (χ0n) is 7.74. The van der Waals surface area contributed by atoms with Crippen molar-refractivity contribution in [2.24, 2.45) is 0 Å². The van der Waals surface area contributed by atoms with Gasteiger partial charge in [-0.15, -0.1) is 0 Å². The summed E-state index contributed by atoms with van der Waals surface area (Å²) in [6, 6.07) is 6.13. The number of rotatable bonds is 2. The first-order valence-corrected chi connectivity index (χ1v) is 4.27. The third kappa shape index (κ3) is 1.42. The molecule has 0 aliphatic heterocycles. The quantitative estimate of drug-likeness (QED) is 0.762. The topological polar surface area (TPSA) is 37.9 Å². The summed E-state index contributed by atoms with van der Waals surface area (Å²) in [5, 5.41) is 8.04. The van der Waals surface area contributed by atoms with Gasteiger partial charge in [0, 0.05) is 18.7 Å². The Bertz CT molecular complexity index is 408. The van der Waals surface area contributed by atoms with E-state index in [0.717, 1.165) is 10.9 Å². The van der Waals surface area contributed by atoms with Gasteiger partial charge in [-0.2, -0.15) is 5.10 Å². The van der Waals surface area contributed by atoms with E-state index >= 15 is 0 Å². The van der Waals surface area contributed by atoms with E-state index in [2.05, 4.69) is 16.3 Å². The number of aromatic amines is 1. The first kappa shape index (κ1) is 8.26. The van der Waals surface area contributed by atoms with E-state index in [9.17, 15) is 0 Å². The summed E-state index contributed by atoms with van der Waals surface area (Å²) in [7, 11) is 1.71. The van der Waals surface area contributed by atoms with Crippen molar-refractivity contribution in [2.45, 2.75) is 13.0 Å². The van der Waals surface area contributed by atoms with E-state index in [4.69, 9.17) is 4.74 Å². The zero-order valence-corrected chi connectivity index (χ0v) is 7.74. The van der Waals surface area contributed by atoms with Crippen LogP contribution in [0.15, 0.2) is 24.4 Å². The molecule has 1 atom stereocenters. The fourth-order valence-electron chi connectivity index (χ4n) is 1.35. The van der Waals surface area contributed by atoms with Gasteiger partial charge >= 0.3 is 0 Å². The van der Waals surface area contributed by atoms with Gasteiger partial charge in [-0.3, -0.25) is 5.10 Å². The molecule has 0 bridgehead atoms. The maximum atomic E-state index is 5.23. The molecule has 0 aliphatic rings. The van der Waals surface area contributed by atoms with Crippen molar-refractivity contribution in [3.63, 3.8) is 0 Å². The van der Waals surface area contributed by atoms with Crippen LogP contribution in [0.3, 0.4) is 0 Å². The molecule has 0 fully saturated rings. The van der Waals surface area contributed by atoms with Crippen LogP contribution in [0.25, 0.3) is 10.9 Å². The number of nitrogens with zero attached hydrogens (tertiary/aromatic N) is 1. The Morgan fingerprint density at radius 1 is 1.46 bits per heavy atom. The van der Waals surface area contributed by atoms with Gasteiger partial charge in [0.15, 0.2) is 0 Å². The SMILES string of the molecule is COC(C)c1ccc2n[nH]cc2c1. The molecular weight excluding hydrogens is 164 g/mol. The molecule has 1 aromatic heterocycles. The standard InChI is InChI=1S/C10H12N2O/c1-7(13-2)8-3-4-10-9(5-8)6-11-12-10/h3-7H,1-2H3,(H,11,12). The van der Waals surface area contributed by atoms with Crippen molar-refractivity contribution in [1.82, 2.24) is 10.2 Å². The number of hydrogen-bond donors (Lipinski definition) is 1. The molecule has 0 aliphatic carbocycles. The van der Waals surface area contributed by atoms with Crippen LogP contribution in [0.2, 0.25) is 0 Å². The lowest BCUT2D eigenvalue weighted by Gasteiger charge is -2.08. The van der Waals surface area contributed by atoms with Gasteiger partial charge in [0.1, 0.15) is 0 Å². The Labute approximate surface area is 76.7 Å². The number of aromatic nitrogens is 2. The van der Waals surface area contributed by atoms with Gasteiger partial charge < -0.3 is 4.74 Å². The van der Waals surface area contributed by atoms with E-state index in [1.807, 2.05) is 25.3 Å². The highest BCUT2D eigenvalue weighted by Gasteiger charge is 2.04. The lowest BCUT2D eigenvalue weighted by Crippen LogP contribution is -1.94. The van der Waals surface area contributed by atoms with Crippen molar-refractivity contribution >= 4 is 10.9 Å². The summed E-state index contributed by atoms with van der Waals surface area (Å²) >= 11 is 0. The molecule has 2 rings (SSSR count). The minimum absolute atomic E-state index is 0.138. The van der Waals surface area contributed by atoms with E-state index in [1.165, 1.54) is 5.56 Å². The summed E-state index contributed by atoms with van der Waals surface area (Å²) in [4.78, 5) is 0. The number of benzene rings is 1. The number of fused-ring (bicyclic) bond motifs is 1. The van der Waals surface area contributed by atoms with E-state index in [0.29, 0.717) is 0 Å². The average Bonchev–Trinajstić information content (AvgIpc) is 2.63. The van der Waals surface area contributed by atoms with E-state index < -0.39 is 0 Å². The van der Waals surface area contributed by atoms with Gasteiger partial charge in [-0.05, 0) is 24.6 Å². The van der Waals surface area contributed by atoms with Crippen LogP contribution in [0.5, 0.6) is 0 Å². The Morgan fingerprint density at radius 3 is 3.08 bits per heavy atom. The number of H-pyrrole nitrogens is 1. The fourth-order valence-corrected chi connectivity index (χ4v) is 1.35. The van der Waals surface area contributed by atoms with Crippen LogP contribution in [0.1, 0.15) is 18.6 Å². The van der Waals surface area contributed by atoms with Gasteiger partial charge in [-0.25, -0.2) is 0 Å². The number of nitrogens with one attached hydrogen (secondary N) is 1. The number of methoxy groups -OCH3 is 1. The third-order valence-electron chi connectivity index (χ3n) is 2.28. The molecule has 1 heterocycles. The van der Waals surface area contributed by atoms with Crippen molar-refractivity contribution in [3.05, 3.63) is 30.0 Å². The largest absolute Gasteiger partial charge is 0.377 e. The van der Waals surface area contributed by atoms with Crippen molar-refractivity contribution in [3.8, 4) is 0 Å². The van der Waals surface area contributed by atoms with Crippen LogP contribution in [-0.2, 0) is 4.74 Å². The predicted molar refractivity (Wildman–Crippen MR) is 51.5 cm³/mol. The van der Waals surface area contributed by atoms with E-state index in [1.54, 1.807) is 7.11 Å². The van der Waals surface area contributed by atoms with Crippen LogP contribution in [0, 0.1) is 0 Å². The minimum Gasteiger partial charge on any atom is -0.377 e. The maximum absolute atomic E-state index is 5.23. The smallest absolute Gasteiger partial charge is 0.0920 e. The molecule has 3 heteroatoms. The highest BCUT2D eigenvalue weighted by molar-refractivity contribution is 5.78. The fraction of sp³-hybridized carbons (Fsp3) is 0.300. The first-order chi connectivity index (χ1) is 6.31. The second-order valence-electron chi connectivity index (χ2n) is 3.08. The Balaban J connectivity index is 2.48. The predicted octanol–water partition coefficient (Wildman–Crippen LogP) is 2.27. The summed E-state index contributed by atoms with van der Waals surface area (Å²) in [5.74, 6) is 0. The third-order valence-corrected chi connectivity index (χ3v) is 2.28. The lowest BCUT2D eigenvalue weighted by atomic mass is 10.1. The molecule has 13 heavy (non-hydrogen) atoms. The summed E-state index contributed by atoms with van der Waals surface area (Å²) in [5.41, 5.74) is 2.17. The summed E-state index contributed by atoms with van der Waals surface area (Å²) in [6.45, 7) is 2.03. The molecular formula is C10H12N2O. The Kier molecular flexibility index (Phi) is 2.02. The van der Waals surface area contributed by atoms with Gasteiger partial charge in [0.25, 0.3) is 0 Å². The molecule has 1 N–H and O–H groups in total. The van der Waals surface area contributed by atoms with Crippen LogP contribution in [-0.4, -0.2) is 17.3 Å². The summed E-state index contributed by atoms with van der Waals surface area (Å²) in [6.07, 6.45) is 2.03. The maximum Gasteiger partial charge on any atom is 0.0920 e. The highest BCUT2D eigenvalue weighted by Crippen LogP contribution is 2.20. The molecule has 0 spiro atoms. The molecule has 1 unspecified atom stereocenters. The van der Waals surface area contributed by atoms with E-state index in [-0.39, 0.29) is 6.10 Å². The number of ether oxygens (including phenoxy) is 1. The number of hydrogen-bond acceptors (Lipinski definition) is 2. The van der Waals surface area contributed by atoms with Crippen LogP contribution < -0.4 is 0 Å². The molecule has 0 radical (unpaired) electrons. The zero-order chi connectivity index (χ0) is 9.26. The normalized spacial score (nSPS) is 13.4. The molecule has 0 amide bonds. The van der Waals surface area contributed by atoms with Gasteiger partial charge in [0.2, 0.25) is 0 Å². The molecule has 68 valence electrons. The van der Waals surface area contributed by atoms with Crippen molar-refractivity contribution < 1.29 is 4.74 Å². The molecule has 1 aromatic carbocycles. The second kappa shape index (κ2) is 3.18. The Hall–Kier alpha value is -1.35. The van der Waals surface area contributed by atoms with Crippen LogP contribution in [0.4, 0.5) is 0 Å². The summed E-state index contributed by atoms with van der Waals surface area (Å²) < 4.78 is 5.23. The monoisotopic (exact) mass is 176 g/mol. The average molecular weight is 176 g/mol. The molecule has 0 saturated carbocycles. The lowest BCUT2D eigenvalue weighted by molar-refractivity contribution is 0.119.